The van der Waals surface area contributed by atoms with Gasteiger partial charge in [0, 0.05) is 6.42 Å². The van der Waals surface area contributed by atoms with Crippen LogP contribution in [0.4, 0.5) is 0 Å². The van der Waals surface area contributed by atoms with E-state index in [4.69, 9.17) is 0 Å². The number of unbranched alkanes of at least 4 members (excludes halogenated alkanes) is 29. The van der Waals surface area contributed by atoms with Gasteiger partial charge in [-0.25, -0.2) is 0 Å². The molecule has 358 valence electrons. The maximum atomic E-state index is 12.5. The number of aliphatic hydroxyl groups excluding tert-OH is 2. The van der Waals surface area contributed by atoms with Crippen LogP contribution in [-0.4, -0.2) is 34.9 Å². The standard InChI is InChI=1S/C58H103NO3/c1-3-5-7-9-11-13-15-17-19-21-23-25-26-27-28-29-30-31-32-34-36-38-40-42-44-46-48-50-52-54-58(62)59-56(55-60)57(61)53-51-49-47-45-43-41-39-37-35-33-24-22-20-18-16-14-12-10-8-6-4-2/h5,7,11,13,17,19,23,25,27-28,30-31,51,53,56-57,60-61H,3-4,6,8-10,12,14-16,18,20-22,24,26,29,32-50,52,54-55H2,1-2H3,(H,59,62)/b7-5-,13-11-,19-17-,25-23-,28-27-,31-30-,53-51+. The van der Waals surface area contributed by atoms with E-state index in [-0.39, 0.29) is 12.5 Å². The molecule has 0 aromatic carbocycles. The average molecular weight is 862 g/mol. The van der Waals surface area contributed by atoms with Crippen LogP contribution >= 0.6 is 0 Å². The lowest BCUT2D eigenvalue weighted by Gasteiger charge is -2.20. The van der Waals surface area contributed by atoms with E-state index in [9.17, 15) is 15.0 Å². The minimum absolute atomic E-state index is 0.0701. The summed E-state index contributed by atoms with van der Waals surface area (Å²) >= 11 is 0. The zero-order valence-electron chi connectivity index (χ0n) is 41.1. The minimum Gasteiger partial charge on any atom is -0.394 e. The molecule has 0 aromatic heterocycles. The Morgan fingerprint density at radius 1 is 0.403 bits per heavy atom. The van der Waals surface area contributed by atoms with Gasteiger partial charge in [-0.05, 0) is 70.6 Å². The molecule has 0 aliphatic heterocycles. The fraction of sp³-hybridized carbons (Fsp3) is 0.741. The molecule has 0 fully saturated rings. The summed E-state index contributed by atoms with van der Waals surface area (Å²) in [6.45, 7) is 4.21. The van der Waals surface area contributed by atoms with Gasteiger partial charge in [-0.15, -0.1) is 0 Å². The van der Waals surface area contributed by atoms with Gasteiger partial charge in [0.05, 0.1) is 18.8 Å². The molecule has 4 nitrogen and oxygen atoms in total. The SMILES string of the molecule is CC/C=C\C/C=C\C/C=C\C/C=C\C/C=C\C/C=C\CCCCCCCCCCCCC(=O)NC(CO)C(O)/C=C/CCCCCCCCCCCCCCCCCCCCC. The van der Waals surface area contributed by atoms with Crippen molar-refractivity contribution in [3.05, 3.63) is 85.1 Å². The Morgan fingerprint density at radius 2 is 0.710 bits per heavy atom. The quantitative estimate of drug-likeness (QED) is 0.0422. The fourth-order valence-corrected chi connectivity index (χ4v) is 7.83. The first-order valence-electron chi connectivity index (χ1n) is 26.8. The average Bonchev–Trinajstić information content (AvgIpc) is 3.28. The Bertz CT molecular complexity index is 1110. The normalized spacial score (nSPS) is 13.5. The van der Waals surface area contributed by atoms with Crippen LogP contribution in [-0.2, 0) is 4.79 Å². The largest absolute Gasteiger partial charge is 0.394 e. The summed E-state index contributed by atoms with van der Waals surface area (Å²) in [6, 6.07) is -0.630. The number of hydrogen-bond acceptors (Lipinski definition) is 3. The second-order valence-corrected chi connectivity index (χ2v) is 17.9. The molecule has 2 atom stereocenters. The fourth-order valence-electron chi connectivity index (χ4n) is 7.83. The molecule has 3 N–H and O–H groups in total. The molecular formula is C58H103NO3. The van der Waals surface area contributed by atoms with E-state index < -0.39 is 12.1 Å². The molecule has 0 heterocycles. The first-order chi connectivity index (χ1) is 30.7. The van der Waals surface area contributed by atoms with Crippen LogP contribution in [0.25, 0.3) is 0 Å². The van der Waals surface area contributed by atoms with Crippen molar-refractivity contribution < 1.29 is 15.0 Å². The van der Waals surface area contributed by atoms with Gasteiger partial charge in [-0.3, -0.25) is 4.79 Å². The molecule has 1 amide bonds. The van der Waals surface area contributed by atoms with Gasteiger partial charge in [-0.1, -0.05) is 266 Å². The molecule has 62 heavy (non-hydrogen) atoms. The third-order valence-corrected chi connectivity index (χ3v) is 11.9. The van der Waals surface area contributed by atoms with Crippen LogP contribution in [0.5, 0.6) is 0 Å². The smallest absolute Gasteiger partial charge is 0.220 e. The third-order valence-electron chi connectivity index (χ3n) is 11.9. The predicted molar refractivity (Wildman–Crippen MR) is 276 cm³/mol. The van der Waals surface area contributed by atoms with Crippen LogP contribution in [0.2, 0.25) is 0 Å². The molecule has 0 radical (unpaired) electrons. The van der Waals surface area contributed by atoms with Gasteiger partial charge in [0.2, 0.25) is 5.91 Å². The van der Waals surface area contributed by atoms with Crippen molar-refractivity contribution in [2.45, 2.75) is 270 Å². The number of carbonyl (C=O) groups excluding carboxylic acids is 1. The van der Waals surface area contributed by atoms with Gasteiger partial charge in [0.15, 0.2) is 0 Å². The van der Waals surface area contributed by atoms with E-state index in [0.29, 0.717) is 6.42 Å². The lowest BCUT2D eigenvalue weighted by molar-refractivity contribution is -0.123. The van der Waals surface area contributed by atoms with E-state index in [2.05, 4.69) is 92.1 Å². The molecule has 0 aliphatic rings. The Hall–Kier alpha value is -2.43. The number of carbonyl (C=O) groups is 1. The molecule has 2 unspecified atom stereocenters. The molecular weight excluding hydrogens is 759 g/mol. The predicted octanol–water partition coefficient (Wildman–Crippen LogP) is 17.6. The van der Waals surface area contributed by atoms with Crippen LogP contribution in [0.1, 0.15) is 258 Å². The van der Waals surface area contributed by atoms with Crippen molar-refractivity contribution in [3.63, 3.8) is 0 Å². The molecule has 0 spiro atoms. The van der Waals surface area contributed by atoms with Crippen molar-refractivity contribution in [2.24, 2.45) is 0 Å². The zero-order valence-corrected chi connectivity index (χ0v) is 41.1. The van der Waals surface area contributed by atoms with Crippen LogP contribution < -0.4 is 5.32 Å². The molecule has 0 aromatic rings. The van der Waals surface area contributed by atoms with Crippen molar-refractivity contribution in [3.8, 4) is 0 Å². The monoisotopic (exact) mass is 862 g/mol. The second-order valence-electron chi connectivity index (χ2n) is 17.9. The van der Waals surface area contributed by atoms with Crippen molar-refractivity contribution in [1.29, 1.82) is 0 Å². The van der Waals surface area contributed by atoms with Crippen LogP contribution in [0, 0.1) is 0 Å². The Kier molecular flexibility index (Phi) is 50.8. The number of allylic oxidation sites excluding steroid dienone is 13. The summed E-state index contributed by atoms with van der Waals surface area (Å²) in [5.74, 6) is -0.0701. The Morgan fingerprint density at radius 3 is 1.06 bits per heavy atom. The van der Waals surface area contributed by atoms with E-state index in [0.717, 1.165) is 64.2 Å². The first-order valence-corrected chi connectivity index (χ1v) is 26.8. The number of aliphatic hydroxyl groups is 2. The molecule has 0 bridgehead atoms. The van der Waals surface area contributed by atoms with Crippen molar-refractivity contribution in [2.75, 3.05) is 6.61 Å². The van der Waals surface area contributed by atoms with Crippen molar-refractivity contribution in [1.82, 2.24) is 5.32 Å². The van der Waals surface area contributed by atoms with Crippen LogP contribution in [0.15, 0.2) is 85.1 Å². The number of hydrogen-bond donors (Lipinski definition) is 3. The van der Waals surface area contributed by atoms with E-state index in [1.54, 1.807) is 6.08 Å². The second kappa shape index (κ2) is 52.9. The number of rotatable bonds is 48. The van der Waals surface area contributed by atoms with E-state index >= 15 is 0 Å². The number of nitrogens with one attached hydrogen (secondary N) is 1. The Labute approximate surface area is 386 Å². The topological polar surface area (TPSA) is 69.6 Å². The summed E-state index contributed by atoms with van der Waals surface area (Å²) in [4.78, 5) is 12.5. The summed E-state index contributed by atoms with van der Waals surface area (Å²) in [5, 5.41) is 23.2. The molecule has 0 rings (SSSR count). The highest BCUT2D eigenvalue weighted by Gasteiger charge is 2.18. The highest BCUT2D eigenvalue weighted by molar-refractivity contribution is 5.76. The maximum absolute atomic E-state index is 12.5. The first kappa shape index (κ1) is 59.6. The Balaban J connectivity index is 3.57. The van der Waals surface area contributed by atoms with Gasteiger partial charge < -0.3 is 15.5 Å². The van der Waals surface area contributed by atoms with Crippen LogP contribution in [0.3, 0.4) is 0 Å². The van der Waals surface area contributed by atoms with Gasteiger partial charge >= 0.3 is 0 Å². The van der Waals surface area contributed by atoms with Crippen molar-refractivity contribution >= 4 is 5.91 Å². The summed E-state index contributed by atoms with van der Waals surface area (Å²) in [6.07, 6.45) is 77.2. The molecule has 0 saturated heterocycles. The van der Waals surface area contributed by atoms with Gasteiger partial charge in [0.25, 0.3) is 0 Å². The van der Waals surface area contributed by atoms with E-state index in [1.807, 2.05) is 6.08 Å². The zero-order chi connectivity index (χ0) is 44.9. The number of amides is 1. The highest BCUT2D eigenvalue weighted by Crippen LogP contribution is 2.16. The molecule has 4 heteroatoms. The lowest BCUT2D eigenvalue weighted by atomic mass is 10.0. The minimum atomic E-state index is -0.846. The van der Waals surface area contributed by atoms with Gasteiger partial charge in [-0.2, -0.15) is 0 Å². The highest BCUT2D eigenvalue weighted by atomic mass is 16.3. The summed E-state index contributed by atoms with van der Waals surface area (Å²) < 4.78 is 0. The van der Waals surface area contributed by atoms with E-state index in [1.165, 1.54) is 173 Å². The maximum Gasteiger partial charge on any atom is 0.220 e. The third kappa shape index (κ3) is 48.6. The summed E-state index contributed by atoms with van der Waals surface area (Å²) in [7, 11) is 0. The summed E-state index contributed by atoms with van der Waals surface area (Å²) in [5.41, 5.74) is 0. The van der Waals surface area contributed by atoms with Gasteiger partial charge in [0.1, 0.15) is 0 Å². The molecule has 0 saturated carbocycles. The lowest BCUT2D eigenvalue weighted by Crippen LogP contribution is -2.45. The molecule has 0 aliphatic carbocycles.